The van der Waals surface area contributed by atoms with E-state index in [4.69, 9.17) is 0 Å². The summed E-state index contributed by atoms with van der Waals surface area (Å²) in [5, 5.41) is 2.22. The molecule has 1 radical (unpaired) electrons. The van der Waals surface area contributed by atoms with E-state index in [9.17, 15) is 13.6 Å². The summed E-state index contributed by atoms with van der Waals surface area (Å²) < 4.78 is 24.8. The number of amides is 1. The molecule has 0 aliphatic rings. The predicted octanol–water partition coefficient (Wildman–Crippen LogP) is 1.74. The van der Waals surface area contributed by atoms with Crippen LogP contribution >= 0.6 is 0 Å². The van der Waals surface area contributed by atoms with Crippen molar-refractivity contribution in [3.05, 3.63) is 36.8 Å². The number of anilines is 1. The first-order chi connectivity index (χ1) is 5.59. The molecule has 1 rings (SSSR count). The van der Waals surface area contributed by atoms with Crippen LogP contribution in [0.1, 0.15) is 0 Å². The third-order valence-corrected chi connectivity index (χ3v) is 1.20. The van der Waals surface area contributed by atoms with Gasteiger partial charge in [-0.25, -0.2) is 8.78 Å². The van der Waals surface area contributed by atoms with Crippen LogP contribution in [0.4, 0.5) is 14.5 Å². The number of carbonyl (C=O) groups is 1. The molecule has 0 unspecified atom stereocenters. The van der Waals surface area contributed by atoms with E-state index in [0.717, 1.165) is 12.1 Å². The highest BCUT2D eigenvalue weighted by Gasteiger charge is 2.02. The zero-order chi connectivity index (χ0) is 9.14. The average Bonchev–Trinajstić information content (AvgIpc) is 1.96. The number of halogens is 2. The fourth-order valence-electron chi connectivity index (χ4n) is 0.735. The van der Waals surface area contributed by atoms with Crippen molar-refractivity contribution in [2.45, 2.75) is 0 Å². The molecule has 2 nitrogen and oxygen atoms in total. The normalized spacial score (nSPS) is 9.58. The Labute approximate surface area is 68.2 Å². The fourth-order valence-corrected chi connectivity index (χ4v) is 0.735. The van der Waals surface area contributed by atoms with E-state index >= 15 is 0 Å². The summed E-state index contributed by atoms with van der Waals surface area (Å²) in [7, 11) is 0. The molecule has 12 heavy (non-hydrogen) atoms. The molecular formula is C8H6F2NO. The van der Waals surface area contributed by atoms with E-state index in [0.29, 0.717) is 0 Å². The zero-order valence-corrected chi connectivity index (χ0v) is 6.10. The first-order valence-corrected chi connectivity index (χ1v) is 3.17. The molecule has 0 aliphatic carbocycles. The van der Waals surface area contributed by atoms with Crippen molar-refractivity contribution in [3.63, 3.8) is 0 Å². The van der Waals surface area contributed by atoms with E-state index in [1.165, 1.54) is 6.07 Å². The van der Waals surface area contributed by atoms with Gasteiger partial charge in [0.2, 0.25) is 5.91 Å². The maximum absolute atomic E-state index is 12.5. The van der Waals surface area contributed by atoms with E-state index in [2.05, 4.69) is 12.2 Å². The highest BCUT2D eigenvalue weighted by molar-refractivity contribution is 5.93. The van der Waals surface area contributed by atoms with Gasteiger partial charge in [-0.3, -0.25) is 4.79 Å². The molecule has 0 aliphatic heterocycles. The lowest BCUT2D eigenvalue weighted by atomic mass is 10.3. The molecule has 0 saturated carbocycles. The second-order valence-electron chi connectivity index (χ2n) is 2.18. The summed E-state index contributed by atoms with van der Waals surface area (Å²) in [5.74, 6) is -2.51. The third-order valence-electron chi connectivity index (χ3n) is 1.20. The van der Waals surface area contributed by atoms with Crippen molar-refractivity contribution in [2.75, 3.05) is 5.32 Å². The summed E-state index contributed by atoms with van der Waals surface area (Å²) in [4.78, 5) is 10.4. The van der Waals surface area contributed by atoms with Gasteiger partial charge in [-0.15, -0.1) is 0 Å². The zero-order valence-electron chi connectivity index (χ0n) is 6.10. The van der Waals surface area contributed by atoms with Crippen LogP contribution in [0.3, 0.4) is 0 Å². The Hall–Kier alpha value is -1.45. The number of benzene rings is 1. The third kappa shape index (κ3) is 2.02. The molecule has 1 aromatic carbocycles. The molecule has 1 N–H and O–H groups in total. The largest absolute Gasteiger partial charge is 0.326 e. The first-order valence-electron chi connectivity index (χ1n) is 3.17. The molecule has 1 amide bonds. The Kier molecular flexibility index (Phi) is 2.38. The van der Waals surface area contributed by atoms with Crippen LogP contribution in [0.5, 0.6) is 0 Å². The molecule has 0 saturated heterocycles. The maximum atomic E-state index is 12.5. The Morgan fingerprint density at radius 3 is 2.50 bits per heavy atom. The van der Waals surface area contributed by atoms with E-state index in [-0.39, 0.29) is 5.69 Å². The average molecular weight is 170 g/mol. The lowest BCUT2D eigenvalue weighted by molar-refractivity contribution is -0.112. The molecule has 0 aromatic heterocycles. The van der Waals surface area contributed by atoms with Crippen molar-refractivity contribution in [3.8, 4) is 0 Å². The molecule has 63 valence electrons. The molecule has 0 bridgehead atoms. The minimum absolute atomic E-state index is 0.189. The second-order valence-corrected chi connectivity index (χ2v) is 2.18. The van der Waals surface area contributed by atoms with Gasteiger partial charge in [0.15, 0.2) is 11.6 Å². The van der Waals surface area contributed by atoms with E-state index in [1.807, 2.05) is 0 Å². The summed E-state index contributed by atoms with van der Waals surface area (Å²) in [6.45, 7) is 3.02. The van der Waals surface area contributed by atoms with Gasteiger partial charge in [0.05, 0.1) is 0 Å². The molecule has 0 spiro atoms. The number of carbonyl (C=O) groups excluding carboxylic acids is 1. The van der Waals surface area contributed by atoms with Gasteiger partial charge >= 0.3 is 0 Å². The Morgan fingerprint density at radius 2 is 2.00 bits per heavy atom. The minimum atomic E-state index is -0.999. The summed E-state index contributed by atoms with van der Waals surface area (Å²) in [6, 6.07) is 3.07. The van der Waals surface area contributed by atoms with Crippen LogP contribution < -0.4 is 5.32 Å². The quantitative estimate of drug-likeness (QED) is 0.683. The highest BCUT2D eigenvalue weighted by Crippen LogP contribution is 2.12. The molecule has 4 heteroatoms. The van der Waals surface area contributed by atoms with Gasteiger partial charge in [0, 0.05) is 18.7 Å². The Balaban J connectivity index is 2.89. The van der Waals surface area contributed by atoms with Crippen molar-refractivity contribution < 1.29 is 13.6 Å². The van der Waals surface area contributed by atoms with Crippen molar-refractivity contribution in [2.24, 2.45) is 0 Å². The maximum Gasteiger partial charge on any atom is 0.224 e. The lowest BCUT2D eigenvalue weighted by Crippen LogP contribution is -2.06. The Morgan fingerprint density at radius 1 is 1.33 bits per heavy atom. The summed E-state index contributed by atoms with van der Waals surface area (Å²) in [5.41, 5.74) is 0.189. The fraction of sp³-hybridized carbons (Fsp3) is 0. The standard InChI is InChI=1S/C8H6F2NO/c1-5(12)11-6-2-3-7(9)8(10)4-6/h2-4H,1H2,(H,11,12). The number of hydrogen-bond donors (Lipinski definition) is 1. The van der Waals surface area contributed by atoms with E-state index in [1.54, 1.807) is 0 Å². The topological polar surface area (TPSA) is 29.1 Å². The van der Waals surface area contributed by atoms with E-state index < -0.39 is 17.5 Å². The number of nitrogens with one attached hydrogen (secondary N) is 1. The summed E-state index contributed by atoms with van der Waals surface area (Å²) in [6.07, 6.45) is 0. The minimum Gasteiger partial charge on any atom is -0.326 e. The monoisotopic (exact) mass is 170 g/mol. The highest BCUT2D eigenvalue weighted by atomic mass is 19.2. The molecule has 0 heterocycles. The molecule has 1 aromatic rings. The van der Waals surface area contributed by atoms with Gasteiger partial charge in [-0.05, 0) is 12.1 Å². The van der Waals surface area contributed by atoms with Crippen molar-refractivity contribution >= 4 is 11.6 Å². The summed E-state index contributed by atoms with van der Waals surface area (Å²) >= 11 is 0. The van der Waals surface area contributed by atoms with Gasteiger partial charge in [0.25, 0.3) is 0 Å². The van der Waals surface area contributed by atoms with Gasteiger partial charge in [-0.1, -0.05) is 0 Å². The second kappa shape index (κ2) is 3.30. The predicted molar refractivity (Wildman–Crippen MR) is 40.3 cm³/mol. The molecule has 0 atom stereocenters. The van der Waals surface area contributed by atoms with Crippen molar-refractivity contribution in [1.82, 2.24) is 0 Å². The molecular weight excluding hydrogens is 164 g/mol. The van der Waals surface area contributed by atoms with Gasteiger partial charge in [-0.2, -0.15) is 0 Å². The number of hydrogen-bond acceptors (Lipinski definition) is 1. The van der Waals surface area contributed by atoms with Crippen LogP contribution in [0.15, 0.2) is 18.2 Å². The smallest absolute Gasteiger partial charge is 0.224 e. The van der Waals surface area contributed by atoms with Crippen LogP contribution in [-0.2, 0) is 4.79 Å². The first kappa shape index (κ1) is 8.64. The van der Waals surface area contributed by atoms with Gasteiger partial charge < -0.3 is 5.32 Å². The number of rotatable bonds is 1. The van der Waals surface area contributed by atoms with Crippen LogP contribution in [-0.4, -0.2) is 5.91 Å². The van der Waals surface area contributed by atoms with Crippen LogP contribution in [0, 0.1) is 18.6 Å². The lowest BCUT2D eigenvalue weighted by Gasteiger charge is -2.00. The Bertz CT molecular complexity index is 312. The molecule has 0 fully saturated rings. The van der Waals surface area contributed by atoms with Crippen LogP contribution in [0.2, 0.25) is 0 Å². The SMILES string of the molecule is [CH2]C(=O)Nc1ccc(F)c(F)c1. The van der Waals surface area contributed by atoms with Gasteiger partial charge in [0.1, 0.15) is 0 Å². The van der Waals surface area contributed by atoms with Crippen molar-refractivity contribution in [1.29, 1.82) is 0 Å². The van der Waals surface area contributed by atoms with Crippen LogP contribution in [0.25, 0.3) is 0 Å².